The number of para-hydroxylation sites is 2. The maximum absolute atomic E-state index is 12.7. The summed E-state index contributed by atoms with van der Waals surface area (Å²) < 4.78 is 2.10. The Kier molecular flexibility index (Phi) is 4.24. The Morgan fingerprint density at radius 3 is 2.54 bits per heavy atom. The molecule has 5 heteroatoms. The second-order valence-electron chi connectivity index (χ2n) is 7.20. The molecule has 1 aliphatic rings. The van der Waals surface area contributed by atoms with Crippen LogP contribution in [0.25, 0.3) is 22.4 Å². The van der Waals surface area contributed by atoms with Gasteiger partial charge in [-0.3, -0.25) is 4.79 Å². The molecule has 2 aromatic carbocycles. The van der Waals surface area contributed by atoms with Gasteiger partial charge in [0, 0.05) is 37.3 Å². The molecule has 0 aliphatic heterocycles. The van der Waals surface area contributed by atoms with Crippen LogP contribution in [0.15, 0.2) is 48.5 Å². The number of amides is 1. The van der Waals surface area contributed by atoms with E-state index in [2.05, 4.69) is 10.6 Å². The van der Waals surface area contributed by atoms with Crippen molar-refractivity contribution in [1.29, 1.82) is 0 Å². The van der Waals surface area contributed by atoms with E-state index in [1.807, 2.05) is 56.6 Å². The molecular formula is C21H24N4O. The molecule has 134 valence electrons. The molecule has 1 aromatic heterocycles. The Morgan fingerprint density at radius 2 is 1.88 bits per heavy atom. The first-order valence-corrected chi connectivity index (χ1v) is 9.09. The highest BCUT2D eigenvalue weighted by Gasteiger charge is 2.30. The van der Waals surface area contributed by atoms with Crippen LogP contribution in [0.1, 0.15) is 19.3 Å². The molecule has 0 spiro atoms. The fraction of sp³-hybridized carbons (Fsp3) is 0.333. The Morgan fingerprint density at radius 1 is 1.15 bits per heavy atom. The average molecular weight is 348 g/mol. The number of imidazole rings is 1. The molecule has 0 unspecified atom stereocenters. The quantitative estimate of drug-likeness (QED) is 0.789. The molecule has 0 saturated heterocycles. The maximum atomic E-state index is 12.7. The molecule has 2 atom stereocenters. The normalized spacial score (nSPS) is 19.8. The number of hydrogen-bond donors (Lipinski definition) is 1. The van der Waals surface area contributed by atoms with Gasteiger partial charge in [-0.15, -0.1) is 0 Å². The van der Waals surface area contributed by atoms with Crippen molar-refractivity contribution < 1.29 is 4.79 Å². The number of aryl methyl sites for hydroxylation is 1. The second kappa shape index (κ2) is 6.57. The van der Waals surface area contributed by atoms with Crippen LogP contribution in [0.2, 0.25) is 0 Å². The number of nitrogens with zero attached hydrogens (tertiary/aromatic N) is 3. The predicted octanol–water partition coefficient (Wildman–Crippen LogP) is 3.33. The van der Waals surface area contributed by atoms with Gasteiger partial charge in [0.15, 0.2) is 0 Å². The third kappa shape index (κ3) is 2.88. The lowest BCUT2D eigenvalue weighted by atomic mass is 10.1. The summed E-state index contributed by atoms with van der Waals surface area (Å²) in [6.07, 6.45) is 2.62. The largest absolute Gasteiger partial charge is 0.328 e. The van der Waals surface area contributed by atoms with Crippen LogP contribution in [0.4, 0.5) is 5.69 Å². The van der Waals surface area contributed by atoms with Crippen molar-refractivity contribution in [2.75, 3.05) is 11.9 Å². The summed E-state index contributed by atoms with van der Waals surface area (Å²) in [5.74, 6) is 1.14. The molecule has 1 aliphatic carbocycles. The van der Waals surface area contributed by atoms with Gasteiger partial charge in [-0.2, -0.15) is 0 Å². The SMILES string of the molecule is CN(C(=O)[C@@H]1CC[C@H](N)C1)c1ccc(-c2nc3ccccc3n2C)cc1. The Balaban J connectivity index is 1.58. The Hall–Kier alpha value is -2.66. The van der Waals surface area contributed by atoms with E-state index in [0.29, 0.717) is 0 Å². The van der Waals surface area contributed by atoms with E-state index in [4.69, 9.17) is 10.7 Å². The minimum atomic E-state index is 0.0505. The molecular weight excluding hydrogens is 324 g/mol. The number of aromatic nitrogens is 2. The van der Waals surface area contributed by atoms with Crippen LogP contribution < -0.4 is 10.6 Å². The molecule has 4 rings (SSSR count). The first kappa shape index (κ1) is 16.8. The molecule has 5 nitrogen and oxygen atoms in total. The van der Waals surface area contributed by atoms with Gasteiger partial charge in [0.05, 0.1) is 11.0 Å². The summed E-state index contributed by atoms with van der Waals surface area (Å²) in [4.78, 5) is 19.2. The molecule has 0 bridgehead atoms. The molecule has 1 heterocycles. The third-order valence-electron chi connectivity index (χ3n) is 5.45. The van der Waals surface area contributed by atoms with E-state index in [-0.39, 0.29) is 17.9 Å². The van der Waals surface area contributed by atoms with Crippen molar-refractivity contribution in [3.63, 3.8) is 0 Å². The standard InChI is InChI=1S/C21H24N4O/c1-24(21(26)15-7-10-16(22)13-15)17-11-8-14(9-12-17)20-23-18-5-3-4-6-19(18)25(20)2/h3-6,8-9,11-12,15-16H,7,10,13,22H2,1-2H3/t15-,16+/m1/s1. The van der Waals surface area contributed by atoms with Crippen molar-refractivity contribution in [2.45, 2.75) is 25.3 Å². The van der Waals surface area contributed by atoms with Crippen molar-refractivity contribution in [2.24, 2.45) is 18.7 Å². The number of hydrogen-bond acceptors (Lipinski definition) is 3. The zero-order valence-corrected chi connectivity index (χ0v) is 15.2. The van der Waals surface area contributed by atoms with Crippen LogP contribution in [0.3, 0.4) is 0 Å². The summed E-state index contributed by atoms with van der Waals surface area (Å²) in [5, 5.41) is 0. The molecule has 1 fully saturated rings. The van der Waals surface area contributed by atoms with E-state index in [1.54, 1.807) is 4.90 Å². The van der Waals surface area contributed by atoms with Gasteiger partial charge in [0.25, 0.3) is 0 Å². The van der Waals surface area contributed by atoms with Crippen LogP contribution in [0, 0.1) is 5.92 Å². The summed E-state index contributed by atoms with van der Waals surface area (Å²) in [6.45, 7) is 0. The lowest BCUT2D eigenvalue weighted by Gasteiger charge is -2.21. The van der Waals surface area contributed by atoms with Gasteiger partial charge in [-0.05, 0) is 55.7 Å². The number of benzene rings is 2. The van der Waals surface area contributed by atoms with Crippen LogP contribution in [0.5, 0.6) is 0 Å². The van der Waals surface area contributed by atoms with E-state index in [9.17, 15) is 4.79 Å². The summed E-state index contributed by atoms with van der Waals surface area (Å²) in [6, 6.07) is 16.3. The van der Waals surface area contributed by atoms with Crippen molar-refractivity contribution in [1.82, 2.24) is 9.55 Å². The van der Waals surface area contributed by atoms with Gasteiger partial charge in [0.2, 0.25) is 5.91 Å². The summed E-state index contributed by atoms with van der Waals surface area (Å²) in [7, 11) is 3.87. The fourth-order valence-corrected chi connectivity index (χ4v) is 3.88. The number of nitrogens with two attached hydrogens (primary N) is 1. The first-order chi connectivity index (χ1) is 12.5. The third-order valence-corrected chi connectivity index (χ3v) is 5.45. The van der Waals surface area contributed by atoms with Gasteiger partial charge in [0.1, 0.15) is 5.82 Å². The van der Waals surface area contributed by atoms with Crippen molar-refractivity contribution in [3.8, 4) is 11.4 Å². The topological polar surface area (TPSA) is 64.2 Å². The minimum absolute atomic E-state index is 0.0505. The number of carbonyl (C=O) groups excluding carboxylic acids is 1. The Labute approximate surface area is 153 Å². The molecule has 1 amide bonds. The second-order valence-corrected chi connectivity index (χ2v) is 7.20. The number of anilines is 1. The summed E-state index contributed by atoms with van der Waals surface area (Å²) in [5.41, 5.74) is 9.98. The molecule has 1 saturated carbocycles. The van der Waals surface area contributed by atoms with Crippen LogP contribution in [-0.4, -0.2) is 28.5 Å². The monoisotopic (exact) mass is 348 g/mol. The van der Waals surface area contributed by atoms with Gasteiger partial charge < -0.3 is 15.2 Å². The zero-order valence-electron chi connectivity index (χ0n) is 15.2. The minimum Gasteiger partial charge on any atom is -0.328 e. The fourth-order valence-electron chi connectivity index (χ4n) is 3.88. The van der Waals surface area contributed by atoms with E-state index in [0.717, 1.165) is 47.4 Å². The summed E-state index contributed by atoms with van der Waals surface area (Å²) >= 11 is 0. The van der Waals surface area contributed by atoms with Crippen LogP contribution >= 0.6 is 0 Å². The number of rotatable bonds is 3. The number of fused-ring (bicyclic) bond motifs is 1. The van der Waals surface area contributed by atoms with E-state index in [1.165, 1.54) is 0 Å². The lowest BCUT2D eigenvalue weighted by Crippen LogP contribution is -2.32. The highest BCUT2D eigenvalue weighted by atomic mass is 16.2. The zero-order chi connectivity index (χ0) is 18.3. The molecule has 2 N–H and O–H groups in total. The van der Waals surface area contributed by atoms with Gasteiger partial charge in [-0.1, -0.05) is 12.1 Å². The lowest BCUT2D eigenvalue weighted by molar-refractivity contribution is -0.121. The van der Waals surface area contributed by atoms with Gasteiger partial charge >= 0.3 is 0 Å². The smallest absolute Gasteiger partial charge is 0.229 e. The number of carbonyl (C=O) groups is 1. The maximum Gasteiger partial charge on any atom is 0.229 e. The molecule has 26 heavy (non-hydrogen) atoms. The average Bonchev–Trinajstić information content (AvgIpc) is 3.25. The van der Waals surface area contributed by atoms with Crippen LogP contribution in [-0.2, 0) is 11.8 Å². The first-order valence-electron chi connectivity index (χ1n) is 9.09. The van der Waals surface area contributed by atoms with Crippen molar-refractivity contribution in [3.05, 3.63) is 48.5 Å². The van der Waals surface area contributed by atoms with E-state index >= 15 is 0 Å². The molecule has 0 radical (unpaired) electrons. The highest BCUT2D eigenvalue weighted by Crippen LogP contribution is 2.29. The molecule has 3 aromatic rings. The van der Waals surface area contributed by atoms with Gasteiger partial charge in [-0.25, -0.2) is 4.98 Å². The van der Waals surface area contributed by atoms with Crippen molar-refractivity contribution >= 4 is 22.6 Å². The highest BCUT2D eigenvalue weighted by molar-refractivity contribution is 5.95. The Bertz CT molecular complexity index is 944. The predicted molar refractivity (Wildman–Crippen MR) is 105 cm³/mol. The van der Waals surface area contributed by atoms with E-state index < -0.39 is 0 Å².